The van der Waals surface area contributed by atoms with Gasteiger partial charge in [-0.2, -0.15) is 15.0 Å². The second kappa shape index (κ2) is 9.54. The van der Waals surface area contributed by atoms with E-state index in [4.69, 9.17) is 0 Å². The number of hydrogen-bond donors (Lipinski definition) is 1. The Morgan fingerprint density at radius 3 is 2.25 bits per heavy atom. The minimum atomic E-state index is -0.167. The molecule has 1 aromatic heterocycles. The molecule has 1 N–H and O–H groups in total. The van der Waals surface area contributed by atoms with Crippen molar-refractivity contribution in [2.75, 3.05) is 29.9 Å². The molecule has 0 radical (unpaired) electrons. The third-order valence-electron chi connectivity index (χ3n) is 5.44. The van der Waals surface area contributed by atoms with Crippen LogP contribution in [0.2, 0.25) is 0 Å². The van der Waals surface area contributed by atoms with Gasteiger partial charge in [-0.3, -0.25) is 9.59 Å². The van der Waals surface area contributed by atoms with Crippen molar-refractivity contribution in [1.82, 2.24) is 19.3 Å². The van der Waals surface area contributed by atoms with Crippen molar-refractivity contribution in [3.8, 4) is 0 Å². The summed E-state index contributed by atoms with van der Waals surface area (Å²) in [6.45, 7) is 8.52. The Labute approximate surface area is 171 Å². The van der Waals surface area contributed by atoms with Crippen LogP contribution in [0.25, 0.3) is 0 Å². The standard InChI is InChI=1S/C19H30N6O2S/c1-4-7-12-20-17-21-18(24(5-2)6-3)23-19(22-17)28-25-15(26)13-10-8-9-11-14(13)16(25)27/h13-14H,4-12H2,1-3H3,(H,20,21,22,23). The zero-order valence-corrected chi connectivity index (χ0v) is 17.8. The molecule has 2 fully saturated rings. The summed E-state index contributed by atoms with van der Waals surface area (Å²) in [6, 6.07) is 0. The Balaban J connectivity index is 1.83. The van der Waals surface area contributed by atoms with Crippen LogP contribution in [-0.2, 0) is 9.59 Å². The number of rotatable bonds is 9. The van der Waals surface area contributed by atoms with Crippen LogP contribution >= 0.6 is 11.9 Å². The van der Waals surface area contributed by atoms with E-state index in [1.807, 2.05) is 18.7 Å². The first kappa shape index (κ1) is 20.8. The van der Waals surface area contributed by atoms with Gasteiger partial charge in [0.2, 0.25) is 28.9 Å². The Morgan fingerprint density at radius 2 is 1.68 bits per heavy atom. The third kappa shape index (κ3) is 4.39. The van der Waals surface area contributed by atoms with Crippen LogP contribution in [0.15, 0.2) is 5.16 Å². The fourth-order valence-corrected chi connectivity index (χ4v) is 4.66. The van der Waals surface area contributed by atoms with E-state index in [-0.39, 0.29) is 23.7 Å². The number of nitrogens with one attached hydrogen (secondary N) is 1. The summed E-state index contributed by atoms with van der Waals surface area (Å²) in [7, 11) is 0. The van der Waals surface area contributed by atoms with Crippen LogP contribution in [0.5, 0.6) is 0 Å². The van der Waals surface area contributed by atoms with E-state index in [1.54, 1.807) is 0 Å². The molecule has 9 heteroatoms. The van der Waals surface area contributed by atoms with Crippen molar-refractivity contribution in [1.29, 1.82) is 0 Å². The van der Waals surface area contributed by atoms with Crippen molar-refractivity contribution in [2.24, 2.45) is 11.8 Å². The van der Waals surface area contributed by atoms with E-state index in [0.29, 0.717) is 17.1 Å². The van der Waals surface area contributed by atoms with E-state index in [2.05, 4.69) is 27.2 Å². The first-order chi connectivity index (χ1) is 13.6. The van der Waals surface area contributed by atoms with Crippen molar-refractivity contribution < 1.29 is 9.59 Å². The molecule has 2 heterocycles. The number of unbranched alkanes of at least 4 members (excludes halogenated alkanes) is 1. The zero-order chi connectivity index (χ0) is 20.1. The fourth-order valence-electron chi connectivity index (χ4n) is 3.79. The van der Waals surface area contributed by atoms with E-state index >= 15 is 0 Å². The fraction of sp³-hybridized carbons (Fsp3) is 0.737. The van der Waals surface area contributed by atoms with Crippen LogP contribution < -0.4 is 10.2 Å². The number of carbonyl (C=O) groups excluding carboxylic acids is 2. The zero-order valence-electron chi connectivity index (χ0n) is 17.0. The average Bonchev–Trinajstić information content (AvgIpc) is 2.94. The van der Waals surface area contributed by atoms with Crippen LogP contribution in [0.1, 0.15) is 59.3 Å². The molecule has 1 aromatic rings. The molecule has 28 heavy (non-hydrogen) atoms. The molecule has 8 nitrogen and oxygen atoms in total. The maximum atomic E-state index is 12.8. The molecule has 154 valence electrons. The molecule has 3 rings (SSSR count). The smallest absolute Gasteiger partial charge is 0.243 e. The van der Waals surface area contributed by atoms with E-state index < -0.39 is 0 Å². The lowest BCUT2D eigenvalue weighted by molar-refractivity contribution is -0.133. The molecular formula is C19H30N6O2S. The maximum absolute atomic E-state index is 12.8. The number of fused-ring (bicyclic) bond motifs is 1. The Bertz CT molecular complexity index is 688. The molecule has 2 atom stereocenters. The van der Waals surface area contributed by atoms with Crippen LogP contribution in [0.3, 0.4) is 0 Å². The molecule has 1 aliphatic heterocycles. The summed E-state index contributed by atoms with van der Waals surface area (Å²) in [4.78, 5) is 41.1. The molecule has 0 spiro atoms. The lowest BCUT2D eigenvalue weighted by atomic mass is 9.81. The number of carbonyl (C=O) groups is 2. The predicted molar refractivity (Wildman–Crippen MR) is 110 cm³/mol. The topological polar surface area (TPSA) is 91.3 Å². The highest BCUT2D eigenvalue weighted by Crippen LogP contribution is 2.41. The van der Waals surface area contributed by atoms with Gasteiger partial charge in [0, 0.05) is 31.6 Å². The summed E-state index contributed by atoms with van der Waals surface area (Å²) < 4.78 is 1.29. The molecule has 2 unspecified atom stereocenters. The molecular weight excluding hydrogens is 376 g/mol. The van der Waals surface area contributed by atoms with Crippen molar-refractivity contribution in [3.05, 3.63) is 0 Å². The first-order valence-corrected chi connectivity index (χ1v) is 11.2. The van der Waals surface area contributed by atoms with Crippen molar-refractivity contribution >= 4 is 35.7 Å². The van der Waals surface area contributed by atoms with Gasteiger partial charge >= 0.3 is 0 Å². The second-order valence-corrected chi connectivity index (χ2v) is 8.17. The summed E-state index contributed by atoms with van der Waals surface area (Å²) in [5.41, 5.74) is 0. The molecule has 1 saturated heterocycles. The number of imide groups is 1. The summed E-state index contributed by atoms with van der Waals surface area (Å²) in [5, 5.41) is 3.62. The molecule has 0 aromatic carbocycles. The van der Waals surface area contributed by atoms with E-state index in [9.17, 15) is 9.59 Å². The Morgan fingerprint density at radius 1 is 1.04 bits per heavy atom. The maximum Gasteiger partial charge on any atom is 0.243 e. The van der Waals surface area contributed by atoms with Crippen molar-refractivity contribution in [2.45, 2.75) is 64.5 Å². The average molecular weight is 407 g/mol. The monoisotopic (exact) mass is 406 g/mol. The number of nitrogens with zero attached hydrogens (tertiary/aromatic N) is 5. The van der Waals surface area contributed by atoms with Gasteiger partial charge in [0.25, 0.3) is 0 Å². The van der Waals surface area contributed by atoms with Gasteiger partial charge in [-0.15, -0.1) is 0 Å². The Kier molecular flexibility index (Phi) is 7.09. The second-order valence-electron chi connectivity index (χ2n) is 7.25. The number of anilines is 2. The van der Waals surface area contributed by atoms with Gasteiger partial charge < -0.3 is 10.2 Å². The summed E-state index contributed by atoms with van der Waals surface area (Å²) >= 11 is 1.04. The predicted octanol–water partition coefficient (Wildman–Crippen LogP) is 3.11. The lowest BCUT2D eigenvalue weighted by Gasteiger charge is -2.20. The van der Waals surface area contributed by atoms with Gasteiger partial charge in [0.1, 0.15) is 0 Å². The van der Waals surface area contributed by atoms with Gasteiger partial charge in [-0.05, 0) is 33.1 Å². The highest BCUT2D eigenvalue weighted by molar-refractivity contribution is 7.97. The van der Waals surface area contributed by atoms with Crippen LogP contribution in [-0.4, -0.2) is 50.7 Å². The Hall–Kier alpha value is -1.90. The van der Waals surface area contributed by atoms with Gasteiger partial charge in [-0.1, -0.05) is 26.2 Å². The van der Waals surface area contributed by atoms with Gasteiger partial charge in [0.05, 0.1) is 11.8 Å². The molecule has 2 aliphatic rings. The molecule has 0 bridgehead atoms. The quantitative estimate of drug-likeness (QED) is 0.380. The highest BCUT2D eigenvalue weighted by atomic mass is 32.2. The minimum Gasteiger partial charge on any atom is -0.354 e. The molecule has 1 saturated carbocycles. The van der Waals surface area contributed by atoms with Crippen LogP contribution in [0, 0.1) is 11.8 Å². The summed E-state index contributed by atoms with van der Waals surface area (Å²) in [5.74, 6) is 0.539. The number of aromatic nitrogens is 3. The largest absolute Gasteiger partial charge is 0.354 e. The van der Waals surface area contributed by atoms with Crippen LogP contribution in [0.4, 0.5) is 11.9 Å². The summed E-state index contributed by atoms with van der Waals surface area (Å²) in [6.07, 6.45) is 5.73. The molecule has 2 amide bonds. The van der Waals surface area contributed by atoms with Gasteiger partial charge in [-0.25, -0.2) is 4.31 Å². The van der Waals surface area contributed by atoms with E-state index in [0.717, 1.165) is 70.1 Å². The van der Waals surface area contributed by atoms with E-state index in [1.165, 1.54) is 4.31 Å². The normalized spacial score (nSPS) is 21.8. The third-order valence-corrected chi connectivity index (χ3v) is 6.32. The van der Waals surface area contributed by atoms with Crippen molar-refractivity contribution in [3.63, 3.8) is 0 Å². The van der Waals surface area contributed by atoms with Gasteiger partial charge in [0.15, 0.2) is 0 Å². The SMILES string of the molecule is CCCCNc1nc(SN2C(=O)C3CCCCC3C2=O)nc(N(CC)CC)n1. The minimum absolute atomic E-state index is 0.0926. The first-order valence-electron chi connectivity index (χ1n) is 10.4. The number of hydrogen-bond acceptors (Lipinski definition) is 8. The number of amides is 2. The highest BCUT2D eigenvalue weighted by Gasteiger charge is 2.49. The molecule has 1 aliphatic carbocycles. The lowest BCUT2D eigenvalue weighted by Crippen LogP contribution is -2.27.